The van der Waals surface area contributed by atoms with Gasteiger partial charge in [0.25, 0.3) is 5.95 Å². The number of nitrogens with one attached hydrogen (secondary N) is 2. The summed E-state index contributed by atoms with van der Waals surface area (Å²) in [5, 5.41) is 10.1. The van der Waals surface area contributed by atoms with E-state index in [2.05, 4.69) is 43.9 Å². The molecule has 4 rings (SSSR count). The number of rotatable bonds is 8. The van der Waals surface area contributed by atoms with Gasteiger partial charge in [0, 0.05) is 30.7 Å². The fourth-order valence-corrected chi connectivity index (χ4v) is 3.80. The van der Waals surface area contributed by atoms with E-state index in [9.17, 15) is 9.59 Å². The molecule has 0 fully saturated rings. The number of aliphatic imine (C=N–C) groups is 1. The van der Waals surface area contributed by atoms with Crippen LogP contribution in [0.4, 0.5) is 28.1 Å². The quantitative estimate of drug-likeness (QED) is 0.366. The van der Waals surface area contributed by atoms with E-state index in [1.807, 2.05) is 56.7 Å². The van der Waals surface area contributed by atoms with Crippen molar-refractivity contribution in [1.29, 1.82) is 0 Å². The van der Waals surface area contributed by atoms with Crippen LogP contribution in [0.3, 0.4) is 0 Å². The third kappa shape index (κ3) is 5.73. The van der Waals surface area contributed by atoms with Crippen LogP contribution in [0.2, 0.25) is 0 Å². The van der Waals surface area contributed by atoms with Crippen molar-refractivity contribution in [3.8, 4) is 0 Å². The predicted octanol–water partition coefficient (Wildman–Crippen LogP) is 4.25. The molecule has 10 heteroatoms. The Morgan fingerprint density at radius 2 is 1.81 bits per heavy atom. The number of hydrogen-bond acceptors (Lipinski definition) is 7. The second kappa shape index (κ2) is 10.8. The maximum atomic E-state index is 12.9. The maximum absolute atomic E-state index is 12.9. The number of benzene rings is 2. The van der Waals surface area contributed by atoms with Gasteiger partial charge in [0.2, 0.25) is 11.9 Å². The fourth-order valence-electron chi connectivity index (χ4n) is 3.80. The smallest absolute Gasteiger partial charge is 0.323 e. The largest absolute Gasteiger partial charge is 0.349 e. The number of anilines is 3. The van der Waals surface area contributed by atoms with Crippen LogP contribution in [0.15, 0.2) is 72.4 Å². The summed E-state index contributed by atoms with van der Waals surface area (Å²) in [4.78, 5) is 36.4. The van der Waals surface area contributed by atoms with Crippen LogP contribution in [0.5, 0.6) is 0 Å². The minimum Gasteiger partial charge on any atom is -0.323 e. The van der Waals surface area contributed by atoms with Gasteiger partial charge in [0.1, 0.15) is 0 Å². The molecule has 2 heterocycles. The molecule has 184 valence electrons. The summed E-state index contributed by atoms with van der Waals surface area (Å²) >= 11 is 0. The van der Waals surface area contributed by atoms with Gasteiger partial charge in [-0.25, -0.2) is 9.79 Å². The van der Waals surface area contributed by atoms with E-state index in [4.69, 9.17) is 0 Å². The van der Waals surface area contributed by atoms with Gasteiger partial charge in [-0.1, -0.05) is 30.8 Å². The van der Waals surface area contributed by atoms with E-state index in [-0.39, 0.29) is 17.8 Å². The zero-order valence-corrected chi connectivity index (χ0v) is 20.3. The third-order valence-electron chi connectivity index (χ3n) is 5.53. The van der Waals surface area contributed by atoms with Gasteiger partial charge >= 0.3 is 6.03 Å². The topological polar surface area (TPSA) is 108 Å². The average molecular weight is 485 g/mol. The first-order valence-electron chi connectivity index (χ1n) is 11.4. The summed E-state index contributed by atoms with van der Waals surface area (Å²) in [7, 11) is 4.03. The van der Waals surface area contributed by atoms with Gasteiger partial charge in [-0.05, 0) is 74.3 Å². The van der Waals surface area contributed by atoms with Gasteiger partial charge in [-0.2, -0.15) is 4.98 Å². The van der Waals surface area contributed by atoms with Crippen molar-refractivity contribution in [2.75, 3.05) is 31.3 Å². The summed E-state index contributed by atoms with van der Waals surface area (Å²) in [6, 6.07) is 14.7. The van der Waals surface area contributed by atoms with Crippen molar-refractivity contribution in [2.24, 2.45) is 4.99 Å². The Labute approximate surface area is 209 Å². The highest BCUT2D eigenvalue weighted by Crippen LogP contribution is 2.26. The van der Waals surface area contributed by atoms with Crippen LogP contribution in [-0.2, 0) is 11.3 Å². The van der Waals surface area contributed by atoms with E-state index >= 15 is 0 Å². The summed E-state index contributed by atoms with van der Waals surface area (Å²) < 4.78 is 1.06. The van der Waals surface area contributed by atoms with Crippen LogP contribution >= 0.6 is 0 Å². The molecule has 3 aromatic rings. The molecule has 0 radical (unpaired) electrons. The Bertz CT molecular complexity index is 1310. The van der Waals surface area contributed by atoms with E-state index in [0.717, 1.165) is 34.5 Å². The Morgan fingerprint density at radius 3 is 2.44 bits per heavy atom. The molecule has 0 saturated carbocycles. The predicted molar refractivity (Wildman–Crippen MR) is 142 cm³/mol. The van der Waals surface area contributed by atoms with E-state index in [0.29, 0.717) is 12.2 Å². The van der Waals surface area contributed by atoms with Crippen molar-refractivity contribution in [3.63, 3.8) is 0 Å². The van der Waals surface area contributed by atoms with Crippen LogP contribution in [0, 0.1) is 0 Å². The summed E-state index contributed by atoms with van der Waals surface area (Å²) in [6.07, 6.45) is 3.89. The molecular formula is C26H28N8O2. The van der Waals surface area contributed by atoms with Gasteiger partial charge in [0.15, 0.2) is 0 Å². The molecule has 1 aliphatic rings. The lowest BCUT2D eigenvalue weighted by molar-refractivity contribution is -0.123. The van der Waals surface area contributed by atoms with Gasteiger partial charge in [0.05, 0.1) is 0 Å². The highest BCUT2D eigenvalue weighted by Gasteiger charge is 2.19. The first-order valence-corrected chi connectivity index (χ1v) is 11.4. The lowest BCUT2D eigenvalue weighted by Gasteiger charge is -2.10. The molecule has 2 amide bonds. The Kier molecular flexibility index (Phi) is 7.36. The monoisotopic (exact) mass is 484 g/mol. The number of nitrogens with zero attached hydrogens (tertiary/aromatic N) is 6. The second-order valence-electron chi connectivity index (χ2n) is 8.51. The van der Waals surface area contributed by atoms with E-state index in [1.165, 1.54) is 11.6 Å². The van der Waals surface area contributed by atoms with Crippen LogP contribution in [0.1, 0.15) is 17.5 Å². The molecule has 10 nitrogen and oxygen atoms in total. The number of carbonyl (C=O) groups is 2. The SMILES string of the molecule is C=CC(=O)N1C=C(c2ccc(NC(=O)n3nc(Nc4ccc(CN(C)C)cc4)nc3N=C)cc2)CC1. The van der Waals surface area contributed by atoms with Crippen LogP contribution in [0.25, 0.3) is 5.57 Å². The first-order chi connectivity index (χ1) is 17.4. The second-order valence-corrected chi connectivity index (χ2v) is 8.51. The number of aromatic nitrogens is 3. The average Bonchev–Trinajstić information content (AvgIpc) is 3.52. The summed E-state index contributed by atoms with van der Waals surface area (Å²) in [5.41, 5.74) is 4.57. The molecular weight excluding hydrogens is 456 g/mol. The highest BCUT2D eigenvalue weighted by molar-refractivity contribution is 5.93. The van der Waals surface area contributed by atoms with E-state index < -0.39 is 6.03 Å². The number of carbonyl (C=O) groups excluding carboxylic acids is 2. The minimum atomic E-state index is -0.519. The van der Waals surface area contributed by atoms with Crippen LogP contribution < -0.4 is 10.6 Å². The molecule has 36 heavy (non-hydrogen) atoms. The molecule has 0 saturated heterocycles. The van der Waals surface area contributed by atoms with Gasteiger partial charge < -0.3 is 20.4 Å². The normalized spacial score (nSPS) is 12.9. The maximum Gasteiger partial charge on any atom is 0.349 e. The molecule has 1 aliphatic heterocycles. The Hall–Kier alpha value is -4.57. The Balaban J connectivity index is 1.42. The standard InChI is InChI=1S/C26H28N8O2/c1-5-23(35)33-15-14-20(17-33)19-8-12-22(13-9-19)29-26(36)34-25(27-2)30-24(31-34)28-21-10-6-18(7-11-21)16-32(3)4/h5-13,17H,1-2,14-16H2,3-4H3,(H,28,31)(H,29,36). The summed E-state index contributed by atoms with van der Waals surface area (Å²) in [5.74, 6) is 0.178. The highest BCUT2D eigenvalue weighted by atomic mass is 16.2. The lowest BCUT2D eigenvalue weighted by Crippen LogP contribution is -2.20. The zero-order chi connectivity index (χ0) is 25.7. The van der Waals surface area contributed by atoms with Crippen molar-refractivity contribution in [3.05, 3.63) is 78.5 Å². The molecule has 0 spiro atoms. The molecule has 0 bridgehead atoms. The molecule has 1 aromatic heterocycles. The molecule has 0 aliphatic carbocycles. The number of amides is 2. The van der Waals surface area contributed by atoms with Crippen molar-refractivity contribution in [1.82, 2.24) is 24.6 Å². The van der Waals surface area contributed by atoms with E-state index in [1.54, 1.807) is 17.0 Å². The van der Waals surface area contributed by atoms with Crippen molar-refractivity contribution >= 4 is 47.5 Å². The van der Waals surface area contributed by atoms with Crippen LogP contribution in [-0.4, -0.2) is 63.9 Å². The Morgan fingerprint density at radius 1 is 1.11 bits per heavy atom. The lowest BCUT2D eigenvalue weighted by atomic mass is 10.1. The first kappa shape index (κ1) is 24.6. The zero-order valence-electron chi connectivity index (χ0n) is 20.3. The minimum absolute atomic E-state index is 0.0685. The molecule has 2 aromatic carbocycles. The van der Waals surface area contributed by atoms with Gasteiger partial charge in [-0.15, -0.1) is 9.78 Å². The summed E-state index contributed by atoms with van der Waals surface area (Å²) in [6.45, 7) is 8.48. The van der Waals surface area contributed by atoms with Gasteiger partial charge in [-0.3, -0.25) is 4.79 Å². The molecule has 0 unspecified atom stereocenters. The fraction of sp³-hybridized carbons (Fsp3) is 0.192. The van der Waals surface area contributed by atoms with Crippen molar-refractivity contribution < 1.29 is 9.59 Å². The molecule has 0 atom stereocenters. The van der Waals surface area contributed by atoms with Crippen molar-refractivity contribution in [2.45, 2.75) is 13.0 Å². The third-order valence-corrected chi connectivity index (χ3v) is 5.53. The number of hydrogen-bond donors (Lipinski definition) is 2. The molecule has 2 N–H and O–H groups in total.